The lowest BCUT2D eigenvalue weighted by atomic mass is 10.2. The van der Waals surface area contributed by atoms with E-state index in [0.717, 1.165) is 16.8 Å². The minimum atomic E-state index is -4.49. The van der Waals surface area contributed by atoms with Crippen molar-refractivity contribution in [3.63, 3.8) is 0 Å². The van der Waals surface area contributed by atoms with Gasteiger partial charge in [-0.1, -0.05) is 6.07 Å². The van der Waals surface area contributed by atoms with Gasteiger partial charge < -0.3 is 5.32 Å². The van der Waals surface area contributed by atoms with Gasteiger partial charge in [0.15, 0.2) is 5.16 Å². The second kappa shape index (κ2) is 7.39. The summed E-state index contributed by atoms with van der Waals surface area (Å²) in [4.78, 5) is 21.4. The number of aromatic nitrogens is 4. The van der Waals surface area contributed by atoms with Gasteiger partial charge in [0, 0.05) is 18.1 Å². The van der Waals surface area contributed by atoms with Gasteiger partial charge in [-0.3, -0.25) is 0 Å². The molecule has 0 saturated heterocycles. The van der Waals surface area contributed by atoms with Gasteiger partial charge >= 0.3 is 12.2 Å². The smallest absolute Gasteiger partial charge is 0.306 e. The predicted molar refractivity (Wildman–Crippen MR) is 93.7 cm³/mol. The van der Waals surface area contributed by atoms with Crippen molar-refractivity contribution in [2.45, 2.75) is 30.1 Å². The van der Waals surface area contributed by atoms with Gasteiger partial charge in [0.05, 0.1) is 21.8 Å². The van der Waals surface area contributed by atoms with Crippen LogP contribution in [0.15, 0.2) is 52.8 Å². The molecule has 0 saturated carbocycles. The SMILES string of the molecule is Cc1nn(C(=O)Nc2cccc(C(F)(F)F)c2)c(C)c1Sc1ncccn1. The van der Waals surface area contributed by atoms with Gasteiger partial charge in [-0.05, 0) is 49.9 Å². The molecule has 0 bridgehead atoms. The number of anilines is 1. The first-order valence-electron chi connectivity index (χ1n) is 7.75. The van der Waals surface area contributed by atoms with Crippen molar-refractivity contribution < 1.29 is 18.0 Å². The molecule has 1 amide bonds. The average molecular weight is 393 g/mol. The lowest BCUT2D eigenvalue weighted by molar-refractivity contribution is -0.137. The maximum atomic E-state index is 12.8. The molecule has 3 aromatic rings. The van der Waals surface area contributed by atoms with Gasteiger partial charge in [0.2, 0.25) is 0 Å². The Labute approximate surface area is 156 Å². The van der Waals surface area contributed by atoms with Gasteiger partial charge in [0.25, 0.3) is 0 Å². The van der Waals surface area contributed by atoms with E-state index in [2.05, 4.69) is 20.4 Å². The third-order valence-corrected chi connectivity index (χ3v) is 4.78. The van der Waals surface area contributed by atoms with Crippen LogP contribution in [0.4, 0.5) is 23.7 Å². The molecular weight excluding hydrogens is 379 g/mol. The molecule has 10 heteroatoms. The van der Waals surface area contributed by atoms with Gasteiger partial charge in [-0.25, -0.2) is 14.8 Å². The minimum Gasteiger partial charge on any atom is -0.306 e. The summed E-state index contributed by atoms with van der Waals surface area (Å²) in [7, 11) is 0. The molecule has 0 unspecified atom stereocenters. The summed E-state index contributed by atoms with van der Waals surface area (Å²) < 4.78 is 39.5. The van der Waals surface area contributed by atoms with E-state index < -0.39 is 17.8 Å². The van der Waals surface area contributed by atoms with Crippen molar-refractivity contribution in [3.8, 4) is 0 Å². The lowest BCUT2D eigenvalue weighted by Crippen LogP contribution is -2.22. The Morgan fingerprint density at radius 1 is 1.15 bits per heavy atom. The third-order valence-electron chi connectivity index (χ3n) is 3.59. The van der Waals surface area contributed by atoms with Crippen molar-refractivity contribution in [1.29, 1.82) is 0 Å². The van der Waals surface area contributed by atoms with E-state index in [9.17, 15) is 18.0 Å². The second-order valence-electron chi connectivity index (χ2n) is 5.55. The molecule has 140 valence electrons. The van der Waals surface area contributed by atoms with Gasteiger partial charge in [-0.15, -0.1) is 0 Å². The number of rotatable bonds is 3. The van der Waals surface area contributed by atoms with E-state index >= 15 is 0 Å². The highest BCUT2D eigenvalue weighted by Gasteiger charge is 2.30. The van der Waals surface area contributed by atoms with Crippen LogP contribution in [0, 0.1) is 13.8 Å². The molecular formula is C17H14F3N5OS. The number of nitrogens with zero attached hydrogens (tertiary/aromatic N) is 4. The summed E-state index contributed by atoms with van der Waals surface area (Å²) in [5.41, 5.74) is 0.313. The molecule has 2 aromatic heterocycles. The summed E-state index contributed by atoms with van der Waals surface area (Å²) in [6.07, 6.45) is -1.28. The summed E-state index contributed by atoms with van der Waals surface area (Å²) in [6.45, 7) is 3.42. The first-order chi connectivity index (χ1) is 12.8. The van der Waals surface area contributed by atoms with E-state index in [4.69, 9.17) is 0 Å². The zero-order valence-corrected chi connectivity index (χ0v) is 15.1. The molecule has 0 radical (unpaired) electrons. The fourth-order valence-corrected chi connectivity index (χ4v) is 3.19. The number of hydrogen-bond acceptors (Lipinski definition) is 5. The van der Waals surface area contributed by atoms with E-state index in [1.807, 2.05) is 0 Å². The molecule has 3 rings (SSSR count). The van der Waals surface area contributed by atoms with Crippen molar-refractivity contribution in [1.82, 2.24) is 19.7 Å². The summed E-state index contributed by atoms with van der Waals surface area (Å²) >= 11 is 1.26. The Balaban J connectivity index is 1.83. The normalized spacial score (nSPS) is 11.4. The maximum Gasteiger partial charge on any atom is 0.416 e. The van der Waals surface area contributed by atoms with Crippen LogP contribution >= 0.6 is 11.8 Å². The van der Waals surface area contributed by atoms with E-state index in [1.54, 1.807) is 32.3 Å². The molecule has 27 heavy (non-hydrogen) atoms. The number of alkyl halides is 3. The number of carbonyl (C=O) groups is 1. The zero-order valence-electron chi connectivity index (χ0n) is 14.3. The van der Waals surface area contributed by atoms with Gasteiger partial charge in [-0.2, -0.15) is 23.0 Å². The quantitative estimate of drug-likeness (QED) is 0.662. The average Bonchev–Trinajstić information content (AvgIpc) is 2.90. The van der Waals surface area contributed by atoms with Crippen LogP contribution in [0.2, 0.25) is 0 Å². The minimum absolute atomic E-state index is 0.0305. The predicted octanol–water partition coefficient (Wildman–Crippen LogP) is 4.54. The molecule has 6 nitrogen and oxygen atoms in total. The van der Waals surface area contributed by atoms with Crippen molar-refractivity contribution in [3.05, 3.63) is 59.7 Å². The summed E-state index contributed by atoms with van der Waals surface area (Å²) in [6, 6.07) is 5.45. The molecule has 0 spiro atoms. The fraction of sp³-hybridized carbons (Fsp3) is 0.176. The van der Waals surface area contributed by atoms with Crippen molar-refractivity contribution >= 4 is 23.5 Å². The lowest BCUT2D eigenvalue weighted by Gasteiger charge is -2.10. The number of carbonyl (C=O) groups excluding carboxylic acids is 1. The molecule has 0 aliphatic carbocycles. The molecule has 2 heterocycles. The van der Waals surface area contributed by atoms with E-state index in [0.29, 0.717) is 21.4 Å². The largest absolute Gasteiger partial charge is 0.416 e. The van der Waals surface area contributed by atoms with Crippen LogP contribution in [0.5, 0.6) is 0 Å². The Morgan fingerprint density at radius 2 is 1.85 bits per heavy atom. The van der Waals surface area contributed by atoms with Crippen LogP contribution in [-0.2, 0) is 6.18 Å². The van der Waals surface area contributed by atoms with Crippen LogP contribution in [0.3, 0.4) is 0 Å². The van der Waals surface area contributed by atoms with Crippen LogP contribution in [0.1, 0.15) is 17.0 Å². The molecule has 0 aliphatic heterocycles. The molecule has 1 aromatic carbocycles. The number of nitrogens with one attached hydrogen (secondary N) is 1. The molecule has 1 N–H and O–H groups in total. The van der Waals surface area contributed by atoms with Crippen LogP contribution < -0.4 is 5.32 Å². The zero-order chi connectivity index (χ0) is 19.6. The Hall–Kier alpha value is -2.88. The molecule has 0 atom stereocenters. The molecule has 0 fully saturated rings. The summed E-state index contributed by atoms with van der Waals surface area (Å²) in [5.74, 6) is 0. The molecule has 0 aliphatic rings. The van der Waals surface area contributed by atoms with Crippen molar-refractivity contribution in [2.24, 2.45) is 0 Å². The topological polar surface area (TPSA) is 72.7 Å². The standard InChI is InChI=1S/C17H14F3N5OS/c1-10-14(27-15-21-7-4-8-22-15)11(2)25(24-10)16(26)23-13-6-3-5-12(9-13)17(18,19)20/h3-9H,1-2H3,(H,23,26). The summed E-state index contributed by atoms with van der Waals surface area (Å²) in [5, 5.41) is 7.12. The number of aryl methyl sites for hydroxylation is 1. The highest BCUT2D eigenvalue weighted by atomic mass is 32.2. The first kappa shape index (κ1) is 18.9. The van der Waals surface area contributed by atoms with E-state index in [1.165, 1.54) is 23.9 Å². The second-order valence-corrected chi connectivity index (χ2v) is 6.53. The highest BCUT2D eigenvalue weighted by Crippen LogP contribution is 2.32. The third kappa shape index (κ3) is 4.27. The van der Waals surface area contributed by atoms with E-state index in [-0.39, 0.29) is 5.69 Å². The Morgan fingerprint density at radius 3 is 2.52 bits per heavy atom. The maximum absolute atomic E-state index is 12.8. The Kier molecular flexibility index (Phi) is 5.17. The highest BCUT2D eigenvalue weighted by molar-refractivity contribution is 7.99. The van der Waals surface area contributed by atoms with Gasteiger partial charge in [0.1, 0.15) is 0 Å². The van der Waals surface area contributed by atoms with Crippen molar-refractivity contribution in [2.75, 3.05) is 5.32 Å². The number of benzene rings is 1. The Bertz CT molecular complexity index is 972. The monoisotopic (exact) mass is 393 g/mol. The number of amides is 1. The first-order valence-corrected chi connectivity index (χ1v) is 8.57. The fourth-order valence-electron chi connectivity index (χ4n) is 2.35. The number of hydrogen-bond donors (Lipinski definition) is 1. The van der Waals surface area contributed by atoms with Crippen LogP contribution in [0.25, 0.3) is 0 Å². The number of halogens is 3. The van der Waals surface area contributed by atoms with Crippen LogP contribution in [-0.4, -0.2) is 25.8 Å².